The number of anilines is 2. The van der Waals surface area contributed by atoms with Gasteiger partial charge in [0.05, 0.1) is 6.20 Å². The Hall–Kier alpha value is -2.64. The maximum absolute atomic E-state index is 12.1. The number of carbonyl (C=O) groups is 1. The van der Waals surface area contributed by atoms with Crippen molar-refractivity contribution in [3.63, 3.8) is 0 Å². The van der Waals surface area contributed by atoms with E-state index in [1.165, 1.54) is 12.8 Å². The summed E-state index contributed by atoms with van der Waals surface area (Å²) in [6, 6.07) is 0. The molecule has 4 rings (SSSR count). The highest BCUT2D eigenvalue weighted by molar-refractivity contribution is 5.77. The topological polar surface area (TPSA) is 87.4 Å². The molecule has 2 aromatic rings. The smallest absolute Gasteiger partial charge is 0.331 e. The molecule has 8 heteroatoms. The minimum Gasteiger partial charge on any atom is -0.479 e. The number of aliphatic carboxylic acids is 1. The fourth-order valence-electron chi connectivity index (χ4n) is 3.97. The van der Waals surface area contributed by atoms with Crippen LogP contribution in [0.3, 0.4) is 0 Å². The van der Waals surface area contributed by atoms with Crippen LogP contribution < -0.4 is 9.80 Å². The number of carboxylic acid groups (broad SMARTS) is 1. The normalized spacial score (nSPS) is 19.7. The van der Waals surface area contributed by atoms with Gasteiger partial charge >= 0.3 is 5.97 Å². The summed E-state index contributed by atoms with van der Waals surface area (Å²) in [5.74, 6) is 0.965. The summed E-state index contributed by atoms with van der Waals surface area (Å²) in [7, 11) is 0. The van der Waals surface area contributed by atoms with Crippen molar-refractivity contribution in [3.8, 4) is 0 Å². The van der Waals surface area contributed by atoms with E-state index in [0.29, 0.717) is 25.9 Å². The van der Waals surface area contributed by atoms with Crippen molar-refractivity contribution in [3.05, 3.63) is 30.4 Å². The molecule has 0 aliphatic carbocycles. The summed E-state index contributed by atoms with van der Waals surface area (Å²) < 4.78 is 1.63. The largest absolute Gasteiger partial charge is 0.479 e. The SMILES string of the molecule is Cc1cnn(C2(C(=O)O)CCN(c3nccnc3N3CCCC3)CC2)c1. The fourth-order valence-corrected chi connectivity index (χ4v) is 3.97. The van der Waals surface area contributed by atoms with Crippen molar-refractivity contribution in [2.45, 2.75) is 38.1 Å². The summed E-state index contributed by atoms with van der Waals surface area (Å²) >= 11 is 0. The van der Waals surface area contributed by atoms with Gasteiger partial charge < -0.3 is 14.9 Å². The van der Waals surface area contributed by atoms with Crippen molar-refractivity contribution < 1.29 is 9.90 Å². The number of nitrogens with zero attached hydrogens (tertiary/aromatic N) is 6. The van der Waals surface area contributed by atoms with Gasteiger partial charge in [-0.2, -0.15) is 5.10 Å². The van der Waals surface area contributed by atoms with E-state index in [1.54, 1.807) is 23.3 Å². The standard InChI is InChI=1S/C18H24N6O2/c1-14-12-21-24(13-14)18(17(25)26)4-10-23(11-5-18)16-15(19-6-7-20-16)22-8-2-3-9-22/h6-7,12-13H,2-5,8-11H2,1H3,(H,25,26). The van der Waals surface area contributed by atoms with Crippen LogP contribution in [0.2, 0.25) is 0 Å². The van der Waals surface area contributed by atoms with E-state index in [2.05, 4.69) is 24.9 Å². The van der Waals surface area contributed by atoms with Crippen LogP contribution in [-0.2, 0) is 10.3 Å². The fraction of sp³-hybridized carbons (Fsp3) is 0.556. The minimum atomic E-state index is -0.985. The summed E-state index contributed by atoms with van der Waals surface area (Å²) in [5, 5.41) is 14.2. The Labute approximate surface area is 152 Å². The molecule has 8 nitrogen and oxygen atoms in total. The van der Waals surface area contributed by atoms with Gasteiger partial charge in [-0.25, -0.2) is 14.8 Å². The molecule has 0 spiro atoms. The van der Waals surface area contributed by atoms with Gasteiger partial charge in [-0.05, 0) is 25.3 Å². The predicted octanol–water partition coefficient (Wildman–Crippen LogP) is 1.66. The summed E-state index contributed by atoms with van der Waals surface area (Å²) in [6.07, 6.45) is 10.3. The van der Waals surface area contributed by atoms with E-state index >= 15 is 0 Å². The van der Waals surface area contributed by atoms with Crippen LogP contribution in [-0.4, -0.2) is 57.0 Å². The lowest BCUT2D eigenvalue weighted by atomic mass is 9.87. The number of hydrogen-bond donors (Lipinski definition) is 1. The minimum absolute atomic E-state index is 0.486. The third kappa shape index (κ3) is 2.79. The second-order valence-electron chi connectivity index (χ2n) is 7.18. The van der Waals surface area contributed by atoms with E-state index in [4.69, 9.17) is 0 Å². The number of rotatable bonds is 4. The zero-order valence-corrected chi connectivity index (χ0v) is 15.0. The van der Waals surface area contributed by atoms with E-state index in [0.717, 1.165) is 30.3 Å². The number of aryl methyl sites for hydroxylation is 1. The van der Waals surface area contributed by atoms with Gasteiger partial charge in [0.25, 0.3) is 0 Å². The molecule has 2 aliphatic heterocycles. The number of aromatic nitrogens is 4. The molecule has 0 bridgehead atoms. The predicted molar refractivity (Wildman–Crippen MR) is 97.5 cm³/mol. The highest BCUT2D eigenvalue weighted by Crippen LogP contribution is 2.35. The lowest BCUT2D eigenvalue weighted by molar-refractivity contribution is -0.149. The molecule has 0 aromatic carbocycles. The Balaban J connectivity index is 1.57. The highest BCUT2D eigenvalue weighted by Gasteiger charge is 2.44. The third-order valence-electron chi connectivity index (χ3n) is 5.50. The first-order valence-corrected chi connectivity index (χ1v) is 9.16. The molecule has 0 unspecified atom stereocenters. The quantitative estimate of drug-likeness (QED) is 0.891. The molecule has 2 saturated heterocycles. The zero-order chi connectivity index (χ0) is 18.1. The van der Waals surface area contributed by atoms with Crippen LogP contribution in [0, 0.1) is 6.92 Å². The molecule has 26 heavy (non-hydrogen) atoms. The lowest BCUT2D eigenvalue weighted by Crippen LogP contribution is -2.51. The first-order valence-electron chi connectivity index (χ1n) is 9.16. The maximum atomic E-state index is 12.1. The van der Waals surface area contributed by atoms with Crippen molar-refractivity contribution in [2.24, 2.45) is 0 Å². The van der Waals surface area contributed by atoms with E-state index in [-0.39, 0.29) is 0 Å². The average molecular weight is 356 g/mol. The first-order chi connectivity index (χ1) is 12.6. The molecule has 2 fully saturated rings. The molecule has 138 valence electrons. The van der Waals surface area contributed by atoms with Crippen molar-refractivity contribution in [2.75, 3.05) is 36.0 Å². The van der Waals surface area contributed by atoms with Crippen LogP contribution >= 0.6 is 0 Å². The van der Waals surface area contributed by atoms with Crippen LogP contribution in [0.5, 0.6) is 0 Å². The summed E-state index contributed by atoms with van der Waals surface area (Å²) in [6.45, 7) is 5.17. The molecule has 0 saturated carbocycles. The highest BCUT2D eigenvalue weighted by atomic mass is 16.4. The molecule has 4 heterocycles. The number of carboxylic acids is 1. The van der Waals surface area contributed by atoms with Crippen molar-refractivity contribution in [1.29, 1.82) is 0 Å². The van der Waals surface area contributed by atoms with Crippen LogP contribution in [0.4, 0.5) is 11.6 Å². The second kappa shape index (κ2) is 6.59. The third-order valence-corrected chi connectivity index (χ3v) is 5.50. The van der Waals surface area contributed by atoms with E-state index < -0.39 is 11.5 Å². The van der Waals surface area contributed by atoms with Gasteiger partial charge in [0.15, 0.2) is 17.2 Å². The molecular formula is C18H24N6O2. The zero-order valence-electron chi connectivity index (χ0n) is 15.0. The Morgan fingerprint density at radius 1 is 1.04 bits per heavy atom. The molecule has 2 aliphatic rings. The van der Waals surface area contributed by atoms with Crippen LogP contribution in [0.15, 0.2) is 24.8 Å². The monoisotopic (exact) mass is 356 g/mol. The van der Waals surface area contributed by atoms with Gasteiger partial charge in [0.2, 0.25) is 0 Å². The average Bonchev–Trinajstić information content (AvgIpc) is 3.33. The maximum Gasteiger partial charge on any atom is 0.331 e. The van der Waals surface area contributed by atoms with E-state index in [9.17, 15) is 9.90 Å². The van der Waals surface area contributed by atoms with Crippen LogP contribution in [0.1, 0.15) is 31.2 Å². The summed E-state index contributed by atoms with van der Waals surface area (Å²) in [5.41, 5.74) is -0.0147. The Morgan fingerprint density at radius 2 is 1.62 bits per heavy atom. The molecule has 0 radical (unpaired) electrons. The van der Waals surface area contributed by atoms with Gasteiger partial charge in [0.1, 0.15) is 0 Å². The van der Waals surface area contributed by atoms with Crippen molar-refractivity contribution >= 4 is 17.6 Å². The van der Waals surface area contributed by atoms with Gasteiger partial charge in [-0.15, -0.1) is 0 Å². The van der Waals surface area contributed by atoms with Crippen LogP contribution in [0.25, 0.3) is 0 Å². The summed E-state index contributed by atoms with van der Waals surface area (Å²) in [4.78, 5) is 25.7. The Morgan fingerprint density at radius 3 is 2.12 bits per heavy atom. The molecule has 0 amide bonds. The molecule has 2 aromatic heterocycles. The Bertz CT molecular complexity index is 790. The van der Waals surface area contributed by atoms with Gasteiger partial charge in [-0.1, -0.05) is 0 Å². The molecule has 0 atom stereocenters. The number of hydrogen-bond acceptors (Lipinski definition) is 6. The molecule has 1 N–H and O–H groups in total. The Kier molecular flexibility index (Phi) is 4.26. The first kappa shape index (κ1) is 16.8. The van der Waals surface area contributed by atoms with Gasteiger partial charge in [-0.3, -0.25) is 4.68 Å². The van der Waals surface area contributed by atoms with Gasteiger partial charge in [0, 0.05) is 57.6 Å². The van der Waals surface area contributed by atoms with E-state index in [1.807, 2.05) is 13.1 Å². The second-order valence-corrected chi connectivity index (χ2v) is 7.18. The lowest BCUT2D eigenvalue weighted by Gasteiger charge is -2.40. The number of piperidine rings is 1. The molecular weight excluding hydrogens is 332 g/mol. The van der Waals surface area contributed by atoms with Crippen molar-refractivity contribution in [1.82, 2.24) is 19.7 Å².